The highest BCUT2D eigenvalue weighted by Crippen LogP contribution is 2.66. The molecule has 6 unspecified atom stereocenters. The van der Waals surface area contributed by atoms with E-state index in [0.29, 0.717) is 5.57 Å². The Balaban J connectivity index is 1.60. The minimum Gasteiger partial charge on any atom is -0.504 e. The van der Waals surface area contributed by atoms with Crippen molar-refractivity contribution in [3.05, 3.63) is 65.5 Å². The number of phenolic OH excluding ortho intramolecular Hbond substituents is 1. The van der Waals surface area contributed by atoms with Gasteiger partial charge in [-0.05, 0) is 49.1 Å². The number of carbonyl (C=O) groups excluding carboxylic acids is 4. The number of methoxy groups -OCH3 is 1. The number of hydrogen-bond acceptors (Lipinski definition) is 6. The van der Waals surface area contributed by atoms with Crippen LogP contribution in [0.4, 0.5) is 10.1 Å². The molecule has 2 aliphatic heterocycles. The number of amides is 4. The molecule has 8 nitrogen and oxygen atoms in total. The van der Waals surface area contributed by atoms with E-state index in [9.17, 15) is 28.7 Å². The van der Waals surface area contributed by atoms with Crippen LogP contribution in [0.1, 0.15) is 24.3 Å². The van der Waals surface area contributed by atoms with Crippen LogP contribution in [0.15, 0.2) is 54.1 Å². The van der Waals surface area contributed by atoms with Crippen LogP contribution in [-0.4, -0.2) is 45.6 Å². The van der Waals surface area contributed by atoms with Gasteiger partial charge in [-0.2, -0.15) is 0 Å². The van der Waals surface area contributed by atoms with Crippen molar-refractivity contribution in [3.63, 3.8) is 0 Å². The van der Waals surface area contributed by atoms with Gasteiger partial charge in [-0.3, -0.25) is 24.5 Å². The molecule has 196 valence electrons. The molecule has 38 heavy (non-hydrogen) atoms. The molecule has 1 saturated carbocycles. The molecule has 4 aliphatic rings. The highest BCUT2D eigenvalue weighted by Gasteiger charge is 2.76. The average molecular weight is 559 g/mol. The zero-order valence-corrected chi connectivity index (χ0v) is 21.4. The molecule has 0 aromatic heterocycles. The van der Waals surface area contributed by atoms with Gasteiger partial charge in [0.15, 0.2) is 21.2 Å². The minimum absolute atomic E-state index is 0.0769. The quantitative estimate of drug-likeness (QED) is 0.339. The van der Waals surface area contributed by atoms with Crippen molar-refractivity contribution in [2.24, 2.45) is 17.8 Å². The molecule has 6 atom stereocenters. The van der Waals surface area contributed by atoms with Crippen molar-refractivity contribution < 1.29 is 33.4 Å². The third-order valence-electron chi connectivity index (χ3n) is 8.30. The Morgan fingerprint density at radius 3 is 2.42 bits per heavy atom. The molecule has 2 aromatic rings. The molecular formula is C27H21Cl2FN2O6. The maximum Gasteiger partial charge on any atom is 0.258 e. The molecule has 0 bridgehead atoms. The second-order valence-electron chi connectivity index (χ2n) is 10.0. The number of rotatable bonds is 3. The van der Waals surface area contributed by atoms with Crippen LogP contribution in [0.2, 0.25) is 0 Å². The summed E-state index contributed by atoms with van der Waals surface area (Å²) in [5.74, 6) is -6.66. The number of ether oxygens (including phenoxy) is 1. The first-order chi connectivity index (χ1) is 18.0. The lowest BCUT2D eigenvalue weighted by Gasteiger charge is -2.50. The van der Waals surface area contributed by atoms with Gasteiger partial charge >= 0.3 is 0 Å². The number of carbonyl (C=O) groups is 4. The smallest absolute Gasteiger partial charge is 0.258 e. The van der Waals surface area contributed by atoms with Crippen LogP contribution in [0.5, 0.6) is 11.5 Å². The molecule has 2 N–H and O–H groups in total. The maximum absolute atomic E-state index is 14.2. The Labute approximate surface area is 226 Å². The summed E-state index contributed by atoms with van der Waals surface area (Å²) in [4.78, 5) is 50.2. The zero-order valence-electron chi connectivity index (χ0n) is 19.9. The Bertz CT molecular complexity index is 1460. The number of anilines is 1. The number of alkyl halides is 2. The minimum atomic E-state index is -2.13. The summed E-state index contributed by atoms with van der Waals surface area (Å²) in [5, 5.41) is 13.5. The zero-order chi connectivity index (χ0) is 27.1. The maximum atomic E-state index is 14.2. The summed E-state index contributed by atoms with van der Waals surface area (Å²) in [5.41, 5.74) is 0.798. The number of hydrogen-bond donors (Lipinski definition) is 2. The van der Waals surface area contributed by atoms with Crippen molar-refractivity contribution in [3.8, 4) is 11.5 Å². The lowest BCUT2D eigenvalue weighted by atomic mass is 9.56. The van der Waals surface area contributed by atoms with Crippen molar-refractivity contribution >= 4 is 52.5 Å². The van der Waals surface area contributed by atoms with Gasteiger partial charge in [0.1, 0.15) is 5.82 Å². The predicted molar refractivity (Wildman–Crippen MR) is 134 cm³/mol. The molecule has 2 saturated heterocycles. The Hall–Kier alpha value is -3.43. The second-order valence-corrected chi connectivity index (χ2v) is 11.2. The van der Waals surface area contributed by atoms with Crippen LogP contribution < -0.4 is 15.0 Å². The van der Waals surface area contributed by atoms with E-state index in [2.05, 4.69) is 5.32 Å². The van der Waals surface area contributed by atoms with E-state index in [1.807, 2.05) is 0 Å². The van der Waals surface area contributed by atoms with Crippen molar-refractivity contribution in [1.29, 1.82) is 0 Å². The Morgan fingerprint density at radius 1 is 1.03 bits per heavy atom. The number of phenols is 1. The van der Waals surface area contributed by atoms with Gasteiger partial charge < -0.3 is 9.84 Å². The first-order valence-electron chi connectivity index (χ1n) is 12.0. The number of imide groups is 2. The van der Waals surface area contributed by atoms with E-state index < -0.39 is 62.9 Å². The summed E-state index contributed by atoms with van der Waals surface area (Å²) >= 11 is 14.4. The summed E-state index contributed by atoms with van der Waals surface area (Å²) in [6, 6.07) is 9.43. The van der Waals surface area contributed by atoms with Crippen LogP contribution in [0.25, 0.3) is 0 Å². The van der Waals surface area contributed by atoms with Crippen LogP contribution in [0.3, 0.4) is 0 Å². The van der Waals surface area contributed by atoms with Crippen molar-refractivity contribution in [2.45, 2.75) is 28.5 Å². The van der Waals surface area contributed by atoms with Gasteiger partial charge in [-0.25, -0.2) is 9.29 Å². The summed E-state index contributed by atoms with van der Waals surface area (Å²) in [6.07, 6.45) is 1.77. The molecule has 3 fully saturated rings. The molecule has 11 heteroatoms. The molecular weight excluding hydrogens is 538 g/mol. The number of nitrogens with one attached hydrogen (secondary N) is 1. The monoisotopic (exact) mass is 558 g/mol. The Morgan fingerprint density at radius 2 is 1.74 bits per heavy atom. The first kappa shape index (κ1) is 24.9. The van der Waals surface area contributed by atoms with E-state index in [0.717, 1.165) is 17.0 Å². The molecule has 2 aliphatic carbocycles. The summed E-state index contributed by atoms with van der Waals surface area (Å²) in [7, 11) is 1.37. The topological polar surface area (TPSA) is 113 Å². The van der Waals surface area contributed by atoms with Crippen molar-refractivity contribution in [2.75, 3.05) is 12.0 Å². The van der Waals surface area contributed by atoms with Gasteiger partial charge in [0.05, 0.1) is 24.6 Å². The third kappa shape index (κ3) is 3.03. The summed E-state index contributed by atoms with van der Waals surface area (Å²) in [6.45, 7) is 0. The molecule has 2 aromatic carbocycles. The molecule has 0 spiro atoms. The number of fused-ring (bicyclic) bond motifs is 4. The van der Waals surface area contributed by atoms with E-state index >= 15 is 0 Å². The summed E-state index contributed by atoms with van der Waals surface area (Å²) < 4.78 is 18.9. The largest absolute Gasteiger partial charge is 0.504 e. The second kappa shape index (κ2) is 8.28. The number of aromatic hydroxyl groups is 1. The van der Waals surface area contributed by atoms with Gasteiger partial charge in [-0.1, -0.05) is 23.8 Å². The van der Waals surface area contributed by atoms with E-state index in [1.165, 1.54) is 25.3 Å². The Kier molecular flexibility index (Phi) is 5.42. The first-order valence-corrected chi connectivity index (χ1v) is 12.7. The lowest BCUT2D eigenvalue weighted by molar-refractivity contribution is -0.127. The number of para-hydroxylation sites is 1. The average Bonchev–Trinajstić information content (AvgIpc) is 3.26. The highest BCUT2D eigenvalue weighted by molar-refractivity contribution is 6.58. The van der Waals surface area contributed by atoms with Crippen LogP contribution in [0, 0.1) is 23.6 Å². The van der Waals surface area contributed by atoms with E-state index in [4.69, 9.17) is 27.9 Å². The van der Waals surface area contributed by atoms with Gasteiger partial charge in [0, 0.05) is 11.5 Å². The van der Waals surface area contributed by atoms with Gasteiger partial charge in [0.25, 0.3) is 11.8 Å². The predicted octanol–water partition coefficient (Wildman–Crippen LogP) is 3.39. The van der Waals surface area contributed by atoms with E-state index in [-0.39, 0.29) is 35.6 Å². The number of benzene rings is 2. The highest BCUT2D eigenvalue weighted by atomic mass is 35.5. The van der Waals surface area contributed by atoms with Crippen LogP contribution >= 0.6 is 23.2 Å². The third-order valence-corrected chi connectivity index (χ3v) is 9.71. The molecule has 0 radical (unpaired) electrons. The van der Waals surface area contributed by atoms with Crippen molar-refractivity contribution in [1.82, 2.24) is 5.32 Å². The van der Waals surface area contributed by atoms with Crippen LogP contribution in [-0.2, 0) is 19.2 Å². The molecule has 4 amide bonds. The standard InChI is InChI=1S/C27H21Cl2FN2O6/c1-38-18-4-2-3-16(21(18)33)20-14-9-10-15-19(23(35)31-22(15)34)17(14)11-26(28)24(36)32(25(37)27(20,26)29)13-7-5-12(30)6-8-13/h2-9,15,17,19-20,33H,10-11H2,1H3,(H,31,34,35). The number of nitrogens with zero attached hydrogens (tertiary/aromatic N) is 1. The number of allylic oxidation sites excluding steroid dienone is 2. The molecule has 6 rings (SSSR count). The fourth-order valence-electron chi connectivity index (χ4n) is 6.59. The van der Waals surface area contributed by atoms with E-state index in [1.54, 1.807) is 18.2 Å². The lowest BCUT2D eigenvalue weighted by Crippen LogP contribution is -2.60. The number of halogens is 3. The van der Waals surface area contributed by atoms with Gasteiger partial charge in [0.2, 0.25) is 11.8 Å². The fraction of sp³-hybridized carbons (Fsp3) is 0.333. The SMILES string of the molecule is COc1cccc(C2C3=CCC4C(=O)NC(=O)C4C3CC3(Cl)C(=O)N(c4ccc(F)cc4)C(=O)C23Cl)c1O. The van der Waals surface area contributed by atoms with Gasteiger partial charge in [-0.15, -0.1) is 23.2 Å². The molecule has 2 heterocycles. The normalized spacial score (nSPS) is 33.9. The fourth-order valence-corrected chi connectivity index (χ4v) is 7.52.